The van der Waals surface area contributed by atoms with Crippen LogP contribution in [0.1, 0.15) is 18.5 Å². The number of fused-ring (bicyclic) bond motifs is 1. The summed E-state index contributed by atoms with van der Waals surface area (Å²) in [5.74, 6) is 0.659. The molecule has 3 aromatic carbocycles. The predicted molar refractivity (Wildman–Crippen MR) is 95.7 cm³/mol. The van der Waals surface area contributed by atoms with Crippen LogP contribution in [0, 0.1) is 0 Å². The number of sulfonamides is 1. The summed E-state index contributed by atoms with van der Waals surface area (Å²) in [7, 11) is -2.06. The van der Waals surface area contributed by atoms with Gasteiger partial charge in [-0.3, -0.25) is 0 Å². The van der Waals surface area contributed by atoms with E-state index < -0.39 is 16.1 Å². The molecule has 1 N–H and O–H groups in total. The normalized spacial score (nSPS) is 12.9. The third kappa shape index (κ3) is 3.27. The van der Waals surface area contributed by atoms with Gasteiger partial charge in [-0.15, -0.1) is 0 Å². The van der Waals surface area contributed by atoms with Crippen molar-refractivity contribution in [3.63, 3.8) is 0 Å². The van der Waals surface area contributed by atoms with Gasteiger partial charge in [0, 0.05) is 11.6 Å². The van der Waals surface area contributed by atoms with Crippen LogP contribution in [-0.2, 0) is 10.0 Å². The van der Waals surface area contributed by atoms with Crippen molar-refractivity contribution in [1.82, 2.24) is 4.72 Å². The molecule has 0 aromatic heterocycles. The third-order valence-corrected chi connectivity index (χ3v) is 5.51. The summed E-state index contributed by atoms with van der Waals surface area (Å²) in [5, 5.41) is 1.90. The molecule has 3 aromatic rings. The Morgan fingerprint density at radius 2 is 1.58 bits per heavy atom. The lowest BCUT2D eigenvalue weighted by molar-refractivity contribution is 0.405. The molecule has 124 valence electrons. The minimum atomic E-state index is -3.63. The first-order valence-corrected chi connectivity index (χ1v) is 9.13. The lowest BCUT2D eigenvalue weighted by atomic mass is 10.1. The molecule has 0 fully saturated rings. The van der Waals surface area contributed by atoms with Crippen LogP contribution in [0.15, 0.2) is 71.6 Å². The largest absolute Gasteiger partial charge is 0.496 e. The van der Waals surface area contributed by atoms with Crippen molar-refractivity contribution in [1.29, 1.82) is 0 Å². The minimum absolute atomic E-state index is 0.253. The van der Waals surface area contributed by atoms with E-state index in [9.17, 15) is 8.42 Å². The molecule has 0 aliphatic heterocycles. The van der Waals surface area contributed by atoms with Crippen LogP contribution in [0.2, 0.25) is 0 Å². The highest BCUT2D eigenvalue weighted by Gasteiger charge is 2.20. The van der Waals surface area contributed by atoms with Crippen molar-refractivity contribution in [3.8, 4) is 5.75 Å². The lowest BCUT2D eigenvalue weighted by Gasteiger charge is -2.17. The van der Waals surface area contributed by atoms with E-state index in [0.29, 0.717) is 5.75 Å². The molecule has 0 bridgehead atoms. The number of nitrogens with one attached hydrogen (secondary N) is 1. The van der Waals surface area contributed by atoms with Crippen molar-refractivity contribution < 1.29 is 13.2 Å². The maximum Gasteiger partial charge on any atom is 0.241 e. The highest BCUT2D eigenvalue weighted by molar-refractivity contribution is 7.89. The molecular weight excluding hydrogens is 322 g/mol. The Balaban J connectivity index is 1.92. The summed E-state index contributed by atoms with van der Waals surface area (Å²) in [6.45, 7) is 1.80. The van der Waals surface area contributed by atoms with E-state index in [1.165, 1.54) is 0 Å². The quantitative estimate of drug-likeness (QED) is 0.766. The average molecular weight is 341 g/mol. The maximum absolute atomic E-state index is 12.7. The Labute approximate surface area is 142 Å². The van der Waals surface area contributed by atoms with E-state index in [-0.39, 0.29) is 4.90 Å². The number of benzene rings is 3. The standard InChI is InChI=1S/C19H19NO3S/c1-14(18-9-5-6-10-19(18)23-2)20-24(21,22)17-12-11-15-7-3-4-8-16(15)13-17/h3-14,20H,1-2H3. The highest BCUT2D eigenvalue weighted by atomic mass is 32.2. The number of rotatable bonds is 5. The summed E-state index contributed by atoms with van der Waals surface area (Å²) < 4.78 is 33.4. The van der Waals surface area contributed by atoms with E-state index in [0.717, 1.165) is 16.3 Å². The van der Waals surface area contributed by atoms with Gasteiger partial charge in [0.2, 0.25) is 10.0 Å². The van der Waals surface area contributed by atoms with Gasteiger partial charge >= 0.3 is 0 Å². The molecule has 0 aliphatic carbocycles. The lowest BCUT2D eigenvalue weighted by Crippen LogP contribution is -2.27. The number of hydrogen-bond donors (Lipinski definition) is 1. The highest BCUT2D eigenvalue weighted by Crippen LogP contribution is 2.26. The van der Waals surface area contributed by atoms with Gasteiger partial charge in [-0.25, -0.2) is 13.1 Å². The second kappa shape index (κ2) is 6.63. The molecule has 0 amide bonds. The third-order valence-electron chi connectivity index (χ3n) is 3.97. The summed E-state index contributed by atoms with van der Waals surface area (Å²) in [6, 6.07) is 19.8. The van der Waals surface area contributed by atoms with Crippen LogP contribution in [0.5, 0.6) is 5.75 Å². The Hall–Kier alpha value is -2.37. The fourth-order valence-electron chi connectivity index (χ4n) is 2.72. The molecule has 0 saturated heterocycles. The van der Waals surface area contributed by atoms with E-state index >= 15 is 0 Å². The second-order valence-corrected chi connectivity index (χ2v) is 7.31. The molecule has 3 rings (SSSR count). The van der Waals surface area contributed by atoms with Crippen LogP contribution in [0.4, 0.5) is 0 Å². The summed E-state index contributed by atoms with van der Waals surface area (Å²) in [6.07, 6.45) is 0. The second-order valence-electron chi connectivity index (χ2n) is 5.59. The molecule has 1 unspecified atom stereocenters. The van der Waals surface area contributed by atoms with E-state index in [4.69, 9.17) is 4.74 Å². The van der Waals surface area contributed by atoms with Gasteiger partial charge in [0.25, 0.3) is 0 Å². The van der Waals surface area contributed by atoms with Crippen molar-refractivity contribution in [2.24, 2.45) is 0 Å². The van der Waals surface area contributed by atoms with E-state index in [1.54, 1.807) is 26.2 Å². The van der Waals surface area contributed by atoms with Crippen molar-refractivity contribution in [2.75, 3.05) is 7.11 Å². The number of ether oxygens (including phenoxy) is 1. The number of hydrogen-bond acceptors (Lipinski definition) is 3. The fourth-order valence-corrected chi connectivity index (χ4v) is 3.98. The zero-order valence-corrected chi connectivity index (χ0v) is 14.4. The van der Waals surface area contributed by atoms with Crippen LogP contribution in [-0.4, -0.2) is 15.5 Å². The summed E-state index contributed by atoms with van der Waals surface area (Å²) >= 11 is 0. The van der Waals surface area contributed by atoms with Gasteiger partial charge in [-0.2, -0.15) is 0 Å². The predicted octanol–water partition coefficient (Wildman–Crippen LogP) is 3.89. The van der Waals surface area contributed by atoms with Crippen molar-refractivity contribution in [3.05, 3.63) is 72.3 Å². The van der Waals surface area contributed by atoms with E-state index in [1.807, 2.05) is 54.6 Å². The number of methoxy groups -OCH3 is 1. The molecule has 24 heavy (non-hydrogen) atoms. The van der Waals surface area contributed by atoms with E-state index in [2.05, 4.69) is 4.72 Å². The molecule has 5 heteroatoms. The molecular formula is C19H19NO3S. The maximum atomic E-state index is 12.7. The van der Waals surface area contributed by atoms with Gasteiger partial charge in [0.1, 0.15) is 5.75 Å². The number of para-hydroxylation sites is 1. The summed E-state index contributed by atoms with van der Waals surface area (Å²) in [4.78, 5) is 0.253. The zero-order chi connectivity index (χ0) is 17.2. The monoisotopic (exact) mass is 341 g/mol. The Morgan fingerprint density at radius 3 is 2.33 bits per heavy atom. The van der Waals surface area contributed by atoms with Gasteiger partial charge in [0.15, 0.2) is 0 Å². The topological polar surface area (TPSA) is 55.4 Å². The van der Waals surface area contributed by atoms with Crippen molar-refractivity contribution in [2.45, 2.75) is 17.9 Å². The molecule has 0 radical (unpaired) electrons. The van der Waals surface area contributed by atoms with Crippen LogP contribution in [0.25, 0.3) is 10.8 Å². The molecule has 0 aliphatic rings. The Kier molecular flexibility index (Phi) is 4.55. The average Bonchev–Trinajstić information content (AvgIpc) is 2.60. The Morgan fingerprint density at radius 1 is 0.917 bits per heavy atom. The van der Waals surface area contributed by atoms with Crippen LogP contribution in [0.3, 0.4) is 0 Å². The molecule has 0 saturated carbocycles. The molecule has 4 nitrogen and oxygen atoms in total. The SMILES string of the molecule is COc1ccccc1C(C)NS(=O)(=O)c1ccc2ccccc2c1. The minimum Gasteiger partial charge on any atom is -0.496 e. The zero-order valence-electron chi connectivity index (χ0n) is 13.6. The first kappa shape index (κ1) is 16.5. The van der Waals surface area contributed by atoms with Gasteiger partial charge in [0.05, 0.1) is 12.0 Å². The first-order chi connectivity index (χ1) is 11.5. The van der Waals surface area contributed by atoms with Crippen molar-refractivity contribution >= 4 is 20.8 Å². The van der Waals surface area contributed by atoms with Gasteiger partial charge in [-0.1, -0.05) is 48.5 Å². The van der Waals surface area contributed by atoms with Gasteiger partial charge in [-0.05, 0) is 35.9 Å². The molecule has 0 heterocycles. The Bertz CT molecular complexity index is 967. The molecule has 0 spiro atoms. The fraction of sp³-hybridized carbons (Fsp3) is 0.158. The first-order valence-electron chi connectivity index (χ1n) is 7.65. The van der Waals surface area contributed by atoms with Crippen LogP contribution < -0.4 is 9.46 Å². The summed E-state index contributed by atoms with van der Waals surface area (Å²) in [5.41, 5.74) is 0.796. The van der Waals surface area contributed by atoms with Gasteiger partial charge < -0.3 is 4.74 Å². The molecule has 1 atom stereocenters. The smallest absolute Gasteiger partial charge is 0.241 e. The van der Waals surface area contributed by atoms with Crippen LogP contribution >= 0.6 is 0 Å².